The van der Waals surface area contributed by atoms with Crippen molar-refractivity contribution in [2.24, 2.45) is 0 Å². The molecule has 3 aromatic heterocycles. The van der Waals surface area contributed by atoms with Gasteiger partial charge in [-0.1, -0.05) is 105 Å². The van der Waals surface area contributed by atoms with E-state index in [1.807, 2.05) is 6.07 Å². The summed E-state index contributed by atoms with van der Waals surface area (Å²) in [4.78, 5) is 0. The average molecular weight is 691 g/mol. The molecule has 0 unspecified atom stereocenters. The SMILES string of the molecule is CC1(C)c2ccccc2-c2cc3c4cc(-c5ccc6c(c5)c5cc7oc8ccccc8c7cc5n6-c5ccccc5)ccc4n(-c4ccccc4)c3cc21. The number of nitrogens with zero attached hydrogens (tertiary/aromatic N) is 2. The molecule has 0 N–H and O–H groups in total. The van der Waals surface area contributed by atoms with E-state index in [1.165, 1.54) is 82.7 Å². The number of rotatable bonds is 3. The van der Waals surface area contributed by atoms with Crippen LogP contribution in [0, 0.1) is 0 Å². The Balaban J connectivity index is 1.12. The summed E-state index contributed by atoms with van der Waals surface area (Å²) >= 11 is 0. The van der Waals surface area contributed by atoms with Crippen molar-refractivity contribution in [2.75, 3.05) is 0 Å². The Morgan fingerprint density at radius 1 is 0.370 bits per heavy atom. The molecule has 3 heteroatoms. The maximum absolute atomic E-state index is 6.42. The highest BCUT2D eigenvalue weighted by molar-refractivity contribution is 6.18. The molecule has 254 valence electrons. The van der Waals surface area contributed by atoms with E-state index in [0.717, 1.165) is 27.6 Å². The van der Waals surface area contributed by atoms with Crippen molar-refractivity contribution in [3.63, 3.8) is 0 Å². The Bertz CT molecular complexity index is 3340. The van der Waals surface area contributed by atoms with Crippen molar-refractivity contribution in [2.45, 2.75) is 19.3 Å². The molecule has 0 fully saturated rings. The molecule has 0 saturated heterocycles. The molecule has 12 rings (SSSR count). The van der Waals surface area contributed by atoms with Gasteiger partial charge < -0.3 is 13.6 Å². The molecule has 3 heterocycles. The van der Waals surface area contributed by atoms with Crippen LogP contribution >= 0.6 is 0 Å². The van der Waals surface area contributed by atoms with E-state index >= 15 is 0 Å². The van der Waals surface area contributed by atoms with E-state index in [4.69, 9.17) is 4.42 Å². The molecule has 0 saturated carbocycles. The second-order valence-corrected chi connectivity index (χ2v) is 15.4. The molecule has 0 bridgehead atoms. The summed E-state index contributed by atoms with van der Waals surface area (Å²) in [5.41, 5.74) is 16.7. The predicted octanol–water partition coefficient (Wildman–Crippen LogP) is 13.8. The number of benzene rings is 8. The maximum Gasteiger partial charge on any atom is 0.136 e. The summed E-state index contributed by atoms with van der Waals surface area (Å²) in [5, 5.41) is 7.19. The van der Waals surface area contributed by atoms with E-state index < -0.39 is 0 Å². The Morgan fingerprint density at radius 2 is 0.926 bits per heavy atom. The normalized spacial score (nSPS) is 13.5. The van der Waals surface area contributed by atoms with Gasteiger partial charge in [0.25, 0.3) is 0 Å². The zero-order valence-electron chi connectivity index (χ0n) is 30.0. The Labute approximate surface area is 311 Å². The molecule has 8 aromatic carbocycles. The second kappa shape index (κ2) is 10.6. The van der Waals surface area contributed by atoms with Crippen molar-refractivity contribution in [1.29, 1.82) is 0 Å². The van der Waals surface area contributed by atoms with Crippen LogP contribution in [-0.4, -0.2) is 9.13 Å². The first-order chi connectivity index (χ1) is 26.5. The Hall–Kier alpha value is -6.84. The summed E-state index contributed by atoms with van der Waals surface area (Å²) < 4.78 is 11.3. The van der Waals surface area contributed by atoms with Crippen molar-refractivity contribution >= 4 is 65.6 Å². The third-order valence-electron chi connectivity index (χ3n) is 12.1. The van der Waals surface area contributed by atoms with Crippen molar-refractivity contribution in [1.82, 2.24) is 9.13 Å². The fourth-order valence-corrected chi connectivity index (χ4v) is 9.52. The number of aromatic nitrogens is 2. The van der Waals surface area contributed by atoms with Crippen LogP contribution in [0.2, 0.25) is 0 Å². The summed E-state index contributed by atoms with van der Waals surface area (Å²) in [6.45, 7) is 4.72. The van der Waals surface area contributed by atoms with E-state index in [-0.39, 0.29) is 5.41 Å². The Morgan fingerprint density at radius 3 is 1.61 bits per heavy atom. The molecular weight excluding hydrogens is 657 g/mol. The summed E-state index contributed by atoms with van der Waals surface area (Å²) in [7, 11) is 0. The van der Waals surface area contributed by atoms with Gasteiger partial charge >= 0.3 is 0 Å². The van der Waals surface area contributed by atoms with Crippen LogP contribution in [0.25, 0.3) is 99.2 Å². The quantitative estimate of drug-likeness (QED) is 0.181. The molecule has 0 atom stereocenters. The summed E-state index contributed by atoms with van der Waals surface area (Å²) in [5.74, 6) is 0. The molecule has 0 amide bonds. The van der Waals surface area contributed by atoms with Gasteiger partial charge in [0.15, 0.2) is 0 Å². The molecule has 0 aliphatic heterocycles. The van der Waals surface area contributed by atoms with Gasteiger partial charge in [0.1, 0.15) is 11.2 Å². The molecule has 3 nitrogen and oxygen atoms in total. The molecule has 0 radical (unpaired) electrons. The number of fused-ring (bicyclic) bond motifs is 12. The number of hydrogen-bond acceptors (Lipinski definition) is 1. The first-order valence-corrected chi connectivity index (χ1v) is 18.8. The van der Waals surface area contributed by atoms with Gasteiger partial charge in [0, 0.05) is 49.1 Å². The molecule has 54 heavy (non-hydrogen) atoms. The third kappa shape index (κ3) is 3.96. The summed E-state index contributed by atoms with van der Waals surface area (Å²) in [6.07, 6.45) is 0. The molecule has 0 spiro atoms. The van der Waals surface area contributed by atoms with Gasteiger partial charge in [0.2, 0.25) is 0 Å². The lowest BCUT2D eigenvalue weighted by Crippen LogP contribution is -2.14. The monoisotopic (exact) mass is 690 g/mol. The van der Waals surface area contributed by atoms with E-state index in [1.54, 1.807) is 0 Å². The number of para-hydroxylation sites is 3. The van der Waals surface area contributed by atoms with Crippen LogP contribution < -0.4 is 0 Å². The minimum absolute atomic E-state index is 0.0778. The Kier molecular flexibility index (Phi) is 5.84. The zero-order chi connectivity index (χ0) is 35.7. The van der Waals surface area contributed by atoms with Gasteiger partial charge in [-0.2, -0.15) is 0 Å². The van der Waals surface area contributed by atoms with Crippen LogP contribution in [0.15, 0.2) is 174 Å². The van der Waals surface area contributed by atoms with Crippen LogP contribution in [0.4, 0.5) is 0 Å². The van der Waals surface area contributed by atoms with Crippen LogP contribution in [-0.2, 0) is 5.41 Å². The maximum atomic E-state index is 6.42. The lowest BCUT2D eigenvalue weighted by atomic mass is 9.82. The topological polar surface area (TPSA) is 23.0 Å². The highest BCUT2D eigenvalue weighted by Gasteiger charge is 2.36. The van der Waals surface area contributed by atoms with Crippen molar-refractivity contribution in [3.8, 4) is 33.6 Å². The minimum Gasteiger partial charge on any atom is -0.456 e. The fraction of sp³-hybridized carbons (Fsp3) is 0.0588. The van der Waals surface area contributed by atoms with E-state index in [2.05, 4.69) is 187 Å². The van der Waals surface area contributed by atoms with Crippen molar-refractivity contribution < 1.29 is 4.42 Å². The van der Waals surface area contributed by atoms with Gasteiger partial charge in [-0.3, -0.25) is 0 Å². The van der Waals surface area contributed by atoms with Crippen LogP contribution in [0.3, 0.4) is 0 Å². The predicted molar refractivity (Wildman–Crippen MR) is 225 cm³/mol. The smallest absolute Gasteiger partial charge is 0.136 e. The summed E-state index contributed by atoms with van der Waals surface area (Å²) in [6, 6.07) is 62.2. The van der Waals surface area contributed by atoms with E-state index in [0.29, 0.717) is 0 Å². The third-order valence-corrected chi connectivity index (χ3v) is 12.1. The van der Waals surface area contributed by atoms with Gasteiger partial charge in [-0.05, 0) is 112 Å². The molecule has 1 aliphatic carbocycles. The van der Waals surface area contributed by atoms with Gasteiger partial charge in [-0.15, -0.1) is 0 Å². The van der Waals surface area contributed by atoms with Crippen LogP contribution in [0.1, 0.15) is 25.0 Å². The first-order valence-electron chi connectivity index (χ1n) is 18.8. The zero-order valence-corrected chi connectivity index (χ0v) is 30.0. The van der Waals surface area contributed by atoms with Crippen molar-refractivity contribution in [3.05, 3.63) is 181 Å². The minimum atomic E-state index is -0.0778. The largest absolute Gasteiger partial charge is 0.456 e. The molecular formula is C51H34N2O. The highest BCUT2D eigenvalue weighted by Crippen LogP contribution is 2.51. The first kappa shape index (κ1) is 29.7. The second-order valence-electron chi connectivity index (χ2n) is 15.4. The molecule has 11 aromatic rings. The lowest BCUT2D eigenvalue weighted by Gasteiger charge is -2.21. The number of furan rings is 1. The van der Waals surface area contributed by atoms with E-state index in [9.17, 15) is 0 Å². The average Bonchev–Trinajstić information content (AvgIpc) is 3.91. The number of hydrogen-bond donors (Lipinski definition) is 0. The highest BCUT2D eigenvalue weighted by atomic mass is 16.3. The standard InChI is InChI=1S/C51H34N2O/c1-51(2)43-19-11-9-17-35(43)37-27-40-38-25-31(21-23-45(38)53(48(40)30-44(37)51)34-15-7-4-8-16-34)32-22-24-46-39(26-32)41-29-50-42(36-18-10-12-20-49(36)54-50)28-47(41)52(46)33-13-5-3-6-14-33/h3-30H,1-2H3. The van der Waals surface area contributed by atoms with Gasteiger partial charge in [0.05, 0.1) is 22.1 Å². The molecule has 1 aliphatic rings. The fourth-order valence-electron chi connectivity index (χ4n) is 9.52. The van der Waals surface area contributed by atoms with Gasteiger partial charge in [-0.25, -0.2) is 0 Å². The van der Waals surface area contributed by atoms with Crippen LogP contribution in [0.5, 0.6) is 0 Å². The lowest BCUT2D eigenvalue weighted by molar-refractivity contribution is 0.661.